The van der Waals surface area contributed by atoms with E-state index in [1.165, 1.54) is 0 Å². The monoisotopic (exact) mass is 275 g/mol. The second kappa shape index (κ2) is 6.48. The third kappa shape index (κ3) is 4.06. The molecule has 0 bridgehead atoms. The Morgan fingerprint density at radius 1 is 1.29 bits per heavy atom. The molecule has 0 aliphatic heterocycles. The van der Waals surface area contributed by atoms with Crippen LogP contribution < -0.4 is 0 Å². The first-order valence-electron chi connectivity index (χ1n) is 5.86. The van der Waals surface area contributed by atoms with E-state index in [0.717, 1.165) is 18.5 Å². The Labute approximate surface area is 113 Å². The molecule has 0 unspecified atom stereocenters. The van der Waals surface area contributed by atoms with E-state index >= 15 is 0 Å². The maximum absolute atomic E-state index is 9.90. The summed E-state index contributed by atoms with van der Waals surface area (Å²) < 4.78 is 0. The van der Waals surface area contributed by atoms with Crippen molar-refractivity contribution < 1.29 is 5.11 Å². The van der Waals surface area contributed by atoms with Gasteiger partial charge in [-0.15, -0.1) is 0 Å². The van der Waals surface area contributed by atoms with Crippen LogP contribution in [-0.4, -0.2) is 22.6 Å². The number of hydrogen-bond acceptors (Lipinski definition) is 2. The minimum Gasteiger partial charge on any atom is -0.506 e. The molecule has 0 fully saturated rings. The van der Waals surface area contributed by atoms with Crippen LogP contribution in [-0.2, 0) is 6.54 Å². The van der Waals surface area contributed by atoms with Gasteiger partial charge in [0.1, 0.15) is 5.75 Å². The summed E-state index contributed by atoms with van der Waals surface area (Å²) in [6, 6.07) is 3.75. The number of phenols is 1. The molecule has 1 aromatic rings. The highest BCUT2D eigenvalue weighted by molar-refractivity contribution is 6.35. The van der Waals surface area contributed by atoms with E-state index in [-0.39, 0.29) is 5.75 Å². The lowest BCUT2D eigenvalue weighted by Gasteiger charge is -2.26. The summed E-state index contributed by atoms with van der Waals surface area (Å²) in [4.78, 5) is 2.28. The standard InChI is InChI=1S/C13H19Cl2NO/c1-4-5-16(9(2)3)8-10-6-11(14)7-12(15)13(10)17/h6-7,9,17H,4-5,8H2,1-3H3. The minimum atomic E-state index is 0.137. The fourth-order valence-electron chi connectivity index (χ4n) is 1.77. The first-order chi connectivity index (χ1) is 7.95. The zero-order chi connectivity index (χ0) is 13.0. The summed E-state index contributed by atoms with van der Waals surface area (Å²) in [6.45, 7) is 8.07. The Hall–Kier alpha value is -0.440. The maximum atomic E-state index is 9.90. The number of aromatic hydroxyl groups is 1. The van der Waals surface area contributed by atoms with Crippen molar-refractivity contribution in [1.82, 2.24) is 4.90 Å². The molecule has 1 aromatic carbocycles. The van der Waals surface area contributed by atoms with Crippen molar-refractivity contribution in [2.24, 2.45) is 0 Å². The van der Waals surface area contributed by atoms with Crippen molar-refractivity contribution in [3.05, 3.63) is 27.7 Å². The van der Waals surface area contributed by atoms with Crippen molar-refractivity contribution in [2.45, 2.75) is 39.8 Å². The molecule has 2 nitrogen and oxygen atoms in total. The second-order valence-electron chi connectivity index (χ2n) is 4.46. The number of phenolic OH excluding ortho intramolecular Hbond substituents is 1. The highest BCUT2D eigenvalue weighted by Gasteiger charge is 2.14. The molecule has 0 spiro atoms. The zero-order valence-electron chi connectivity index (χ0n) is 10.5. The van der Waals surface area contributed by atoms with E-state index in [0.29, 0.717) is 22.6 Å². The lowest BCUT2D eigenvalue weighted by molar-refractivity contribution is 0.211. The maximum Gasteiger partial charge on any atom is 0.138 e. The van der Waals surface area contributed by atoms with Crippen LogP contribution in [0.1, 0.15) is 32.8 Å². The van der Waals surface area contributed by atoms with Crippen LogP contribution in [0.4, 0.5) is 0 Å². The summed E-state index contributed by atoms with van der Waals surface area (Å²) in [5.74, 6) is 0.137. The molecule has 0 atom stereocenters. The van der Waals surface area contributed by atoms with E-state index in [4.69, 9.17) is 23.2 Å². The van der Waals surface area contributed by atoms with E-state index in [9.17, 15) is 5.11 Å². The number of rotatable bonds is 5. The molecule has 0 aromatic heterocycles. The lowest BCUT2D eigenvalue weighted by atomic mass is 10.1. The molecule has 0 radical (unpaired) electrons. The van der Waals surface area contributed by atoms with Crippen LogP contribution >= 0.6 is 23.2 Å². The van der Waals surface area contributed by atoms with Gasteiger partial charge in [-0.1, -0.05) is 30.1 Å². The summed E-state index contributed by atoms with van der Waals surface area (Å²) in [6.07, 6.45) is 1.08. The van der Waals surface area contributed by atoms with Gasteiger partial charge in [0.15, 0.2) is 0 Å². The van der Waals surface area contributed by atoms with E-state index in [1.807, 2.05) is 0 Å². The first kappa shape index (κ1) is 14.6. The molecule has 0 aliphatic carbocycles. The quantitative estimate of drug-likeness (QED) is 0.865. The van der Waals surface area contributed by atoms with Gasteiger partial charge in [0, 0.05) is 23.2 Å². The Morgan fingerprint density at radius 2 is 1.94 bits per heavy atom. The average Bonchev–Trinajstić information content (AvgIpc) is 2.24. The Morgan fingerprint density at radius 3 is 2.47 bits per heavy atom. The molecule has 1 N–H and O–H groups in total. The smallest absolute Gasteiger partial charge is 0.138 e. The molecule has 0 saturated heterocycles. The zero-order valence-corrected chi connectivity index (χ0v) is 12.0. The number of halogens is 2. The van der Waals surface area contributed by atoms with Gasteiger partial charge < -0.3 is 5.11 Å². The Bertz CT molecular complexity index is 380. The van der Waals surface area contributed by atoms with Gasteiger partial charge in [0.05, 0.1) is 5.02 Å². The fraction of sp³-hybridized carbons (Fsp3) is 0.538. The van der Waals surface area contributed by atoms with Crippen molar-refractivity contribution in [2.75, 3.05) is 6.54 Å². The Kier molecular flexibility index (Phi) is 5.57. The first-order valence-corrected chi connectivity index (χ1v) is 6.62. The molecule has 4 heteroatoms. The topological polar surface area (TPSA) is 23.5 Å². The summed E-state index contributed by atoms with van der Waals surface area (Å²) in [5, 5.41) is 10.8. The van der Waals surface area contributed by atoms with Gasteiger partial charge in [0.25, 0.3) is 0 Å². The molecule has 0 amide bonds. The number of nitrogens with zero attached hydrogens (tertiary/aromatic N) is 1. The van der Waals surface area contributed by atoms with Gasteiger partial charge in [-0.3, -0.25) is 4.90 Å². The third-order valence-corrected chi connectivity index (χ3v) is 3.23. The summed E-state index contributed by atoms with van der Waals surface area (Å²) in [7, 11) is 0. The molecular weight excluding hydrogens is 257 g/mol. The highest BCUT2D eigenvalue weighted by atomic mass is 35.5. The van der Waals surface area contributed by atoms with Crippen LogP contribution in [0.5, 0.6) is 5.75 Å². The summed E-state index contributed by atoms with van der Waals surface area (Å²) in [5.41, 5.74) is 0.782. The van der Waals surface area contributed by atoms with Crippen molar-refractivity contribution in [3.8, 4) is 5.75 Å². The van der Waals surface area contributed by atoms with Gasteiger partial charge in [0.2, 0.25) is 0 Å². The Balaban J connectivity index is 2.92. The van der Waals surface area contributed by atoms with Gasteiger partial charge in [-0.25, -0.2) is 0 Å². The van der Waals surface area contributed by atoms with E-state index < -0.39 is 0 Å². The predicted octanol–water partition coefficient (Wildman–Crippen LogP) is 4.32. The largest absolute Gasteiger partial charge is 0.506 e. The van der Waals surface area contributed by atoms with Crippen LogP contribution in [0.25, 0.3) is 0 Å². The highest BCUT2D eigenvalue weighted by Crippen LogP contribution is 2.32. The molecule has 96 valence electrons. The van der Waals surface area contributed by atoms with Crippen molar-refractivity contribution in [1.29, 1.82) is 0 Å². The van der Waals surface area contributed by atoms with Gasteiger partial charge >= 0.3 is 0 Å². The van der Waals surface area contributed by atoms with Crippen LogP contribution in [0.2, 0.25) is 10.0 Å². The molecule has 17 heavy (non-hydrogen) atoms. The SMILES string of the molecule is CCCN(Cc1cc(Cl)cc(Cl)c1O)C(C)C. The number of hydrogen-bond donors (Lipinski definition) is 1. The summed E-state index contributed by atoms with van der Waals surface area (Å²) >= 11 is 11.9. The van der Waals surface area contributed by atoms with Crippen LogP contribution in [0.15, 0.2) is 12.1 Å². The molecule has 0 saturated carbocycles. The molecular formula is C13H19Cl2NO. The van der Waals surface area contributed by atoms with Crippen LogP contribution in [0.3, 0.4) is 0 Å². The minimum absolute atomic E-state index is 0.137. The normalized spacial score (nSPS) is 11.5. The van der Waals surface area contributed by atoms with Crippen molar-refractivity contribution in [3.63, 3.8) is 0 Å². The fourth-order valence-corrected chi connectivity index (χ4v) is 2.30. The second-order valence-corrected chi connectivity index (χ2v) is 5.30. The van der Waals surface area contributed by atoms with Crippen molar-refractivity contribution >= 4 is 23.2 Å². The van der Waals surface area contributed by atoms with E-state index in [1.54, 1.807) is 12.1 Å². The van der Waals surface area contributed by atoms with Gasteiger partial charge in [-0.2, -0.15) is 0 Å². The van der Waals surface area contributed by atoms with Crippen LogP contribution in [0, 0.1) is 0 Å². The molecule has 1 rings (SSSR count). The lowest BCUT2D eigenvalue weighted by Crippen LogP contribution is -2.31. The average molecular weight is 276 g/mol. The molecule has 0 aliphatic rings. The predicted molar refractivity (Wildman–Crippen MR) is 74.0 cm³/mol. The number of benzene rings is 1. The third-order valence-electron chi connectivity index (χ3n) is 2.72. The molecule has 0 heterocycles. The van der Waals surface area contributed by atoms with Gasteiger partial charge in [-0.05, 0) is 38.9 Å². The van der Waals surface area contributed by atoms with E-state index in [2.05, 4.69) is 25.7 Å².